The molecular formula is C23H13Cl2N3O5. The first kappa shape index (κ1) is 22.1. The molecule has 0 amide bonds. The van der Waals surface area contributed by atoms with E-state index in [4.69, 9.17) is 38.4 Å². The van der Waals surface area contributed by atoms with Crippen LogP contribution in [0.4, 0.5) is 5.69 Å². The molecule has 0 spiro atoms. The molecule has 0 radical (unpaired) electrons. The summed E-state index contributed by atoms with van der Waals surface area (Å²) in [5.41, 5.74) is 7.18. The van der Waals surface area contributed by atoms with Crippen molar-refractivity contribution in [2.75, 3.05) is 0 Å². The molecule has 8 nitrogen and oxygen atoms in total. The highest BCUT2D eigenvalue weighted by atomic mass is 35.5. The number of non-ortho nitro benzene ring substituents is 1. The van der Waals surface area contributed by atoms with Gasteiger partial charge in [-0.05, 0) is 29.8 Å². The van der Waals surface area contributed by atoms with Gasteiger partial charge in [-0.3, -0.25) is 10.1 Å². The van der Waals surface area contributed by atoms with Crippen LogP contribution in [0.5, 0.6) is 11.5 Å². The van der Waals surface area contributed by atoms with Crippen molar-refractivity contribution in [1.82, 2.24) is 0 Å². The van der Waals surface area contributed by atoms with Gasteiger partial charge < -0.3 is 15.2 Å². The van der Waals surface area contributed by atoms with Gasteiger partial charge in [-0.2, -0.15) is 5.26 Å². The third-order valence-electron chi connectivity index (χ3n) is 4.99. The van der Waals surface area contributed by atoms with Crippen molar-refractivity contribution in [3.8, 4) is 17.6 Å². The van der Waals surface area contributed by atoms with Gasteiger partial charge in [-0.25, -0.2) is 4.79 Å². The molecule has 1 atom stereocenters. The second-order valence-electron chi connectivity index (χ2n) is 6.99. The van der Waals surface area contributed by atoms with Crippen molar-refractivity contribution < 1.29 is 19.2 Å². The zero-order valence-corrected chi connectivity index (χ0v) is 18.1. The van der Waals surface area contributed by atoms with Gasteiger partial charge in [0.1, 0.15) is 23.1 Å². The predicted molar refractivity (Wildman–Crippen MR) is 120 cm³/mol. The SMILES string of the molecule is N#CC1=C(N)Oc2cc(OC(=O)c3cc([N+](=O)[O-])ccc3Cl)ccc2C1c1ccc(Cl)cc1. The summed E-state index contributed by atoms with van der Waals surface area (Å²) in [5.74, 6) is -1.07. The molecule has 164 valence electrons. The maximum Gasteiger partial charge on any atom is 0.345 e. The predicted octanol–water partition coefficient (Wildman–Crippen LogP) is 5.34. The lowest BCUT2D eigenvalue weighted by molar-refractivity contribution is -0.384. The van der Waals surface area contributed by atoms with Crippen LogP contribution in [0, 0.1) is 21.4 Å². The topological polar surface area (TPSA) is 128 Å². The summed E-state index contributed by atoms with van der Waals surface area (Å²) in [6, 6.07) is 17.1. The summed E-state index contributed by atoms with van der Waals surface area (Å²) in [4.78, 5) is 23.0. The van der Waals surface area contributed by atoms with Crippen molar-refractivity contribution >= 4 is 34.9 Å². The van der Waals surface area contributed by atoms with Gasteiger partial charge in [0.2, 0.25) is 5.88 Å². The number of hydrogen-bond acceptors (Lipinski definition) is 7. The number of nitriles is 1. The van der Waals surface area contributed by atoms with E-state index in [1.54, 1.807) is 30.3 Å². The summed E-state index contributed by atoms with van der Waals surface area (Å²) in [5, 5.41) is 21.2. The van der Waals surface area contributed by atoms with E-state index in [9.17, 15) is 20.2 Å². The van der Waals surface area contributed by atoms with Crippen molar-refractivity contribution in [3.63, 3.8) is 0 Å². The Labute approximate surface area is 197 Å². The third-order valence-corrected chi connectivity index (χ3v) is 5.57. The number of nitrogens with zero attached hydrogens (tertiary/aromatic N) is 2. The van der Waals surface area contributed by atoms with Gasteiger partial charge in [-0.1, -0.05) is 41.4 Å². The summed E-state index contributed by atoms with van der Waals surface area (Å²) >= 11 is 12.0. The third kappa shape index (κ3) is 4.32. The Morgan fingerprint density at radius 2 is 1.85 bits per heavy atom. The van der Waals surface area contributed by atoms with Crippen LogP contribution in [0.15, 0.2) is 72.1 Å². The van der Waals surface area contributed by atoms with Gasteiger partial charge >= 0.3 is 5.97 Å². The van der Waals surface area contributed by atoms with E-state index in [1.807, 2.05) is 0 Å². The quantitative estimate of drug-likeness (QED) is 0.230. The Hall–Kier alpha value is -4.06. The van der Waals surface area contributed by atoms with Gasteiger partial charge in [0, 0.05) is 28.8 Å². The Morgan fingerprint density at radius 1 is 1.12 bits per heavy atom. The van der Waals surface area contributed by atoms with E-state index >= 15 is 0 Å². The average molecular weight is 482 g/mol. The van der Waals surface area contributed by atoms with E-state index in [1.165, 1.54) is 24.3 Å². The lowest BCUT2D eigenvalue weighted by Crippen LogP contribution is -2.21. The molecule has 1 unspecified atom stereocenters. The first-order valence-corrected chi connectivity index (χ1v) is 10.2. The molecule has 2 N–H and O–H groups in total. The first-order valence-electron chi connectivity index (χ1n) is 9.41. The van der Waals surface area contributed by atoms with Crippen LogP contribution in [0.25, 0.3) is 0 Å². The Balaban J connectivity index is 1.68. The molecule has 3 aromatic rings. The van der Waals surface area contributed by atoms with Crippen LogP contribution in [-0.2, 0) is 0 Å². The summed E-state index contributed by atoms with van der Waals surface area (Å²) < 4.78 is 11.0. The van der Waals surface area contributed by atoms with Gasteiger partial charge in [0.25, 0.3) is 5.69 Å². The maximum absolute atomic E-state index is 12.6. The lowest BCUT2D eigenvalue weighted by Gasteiger charge is -2.26. The van der Waals surface area contributed by atoms with Crippen molar-refractivity contribution in [1.29, 1.82) is 5.26 Å². The normalized spacial score (nSPS) is 14.6. The minimum Gasteiger partial charge on any atom is -0.440 e. The van der Waals surface area contributed by atoms with E-state index in [-0.39, 0.29) is 33.5 Å². The monoisotopic (exact) mass is 481 g/mol. The number of hydrogen-bond donors (Lipinski definition) is 1. The summed E-state index contributed by atoms with van der Waals surface area (Å²) in [6.07, 6.45) is 0. The number of nitro benzene ring substituents is 1. The molecule has 0 bridgehead atoms. The first-order chi connectivity index (χ1) is 15.8. The molecule has 1 heterocycles. The smallest absolute Gasteiger partial charge is 0.345 e. The molecular weight excluding hydrogens is 469 g/mol. The van der Waals surface area contributed by atoms with Crippen LogP contribution in [0.3, 0.4) is 0 Å². The zero-order valence-electron chi connectivity index (χ0n) is 16.6. The molecule has 0 fully saturated rings. The van der Waals surface area contributed by atoms with Crippen LogP contribution in [0.1, 0.15) is 27.4 Å². The molecule has 33 heavy (non-hydrogen) atoms. The Bertz CT molecular complexity index is 1360. The number of ether oxygens (including phenoxy) is 2. The molecule has 0 aromatic heterocycles. The number of rotatable bonds is 4. The highest BCUT2D eigenvalue weighted by molar-refractivity contribution is 6.33. The fourth-order valence-electron chi connectivity index (χ4n) is 3.44. The number of benzene rings is 3. The van der Waals surface area contributed by atoms with Crippen molar-refractivity contribution in [2.45, 2.75) is 5.92 Å². The summed E-state index contributed by atoms with van der Waals surface area (Å²) in [6.45, 7) is 0. The van der Waals surface area contributed by atoms with Crippen LogP contribution in [-0.4, -0.2) is 10.9 Å². The van der Waals surface area contributed by atoms with Crippen LogP contribution < -0.4 is 15.2 Å². The molecule has 1 aliphatic rings. The molecule has 0 saturated heterocycles. The number of nitrogens with two attached hydrogens (primary N) is 1. The fourth-order valence-corrected chi connectivity index (χ4v) is 3.76. The maximum atomic E-state index is 12.6. The van der Waals surface area contributed by atoms with Crippen LogP contribution in [0.2, 0.25) is 10.0 Å². The van der Waals surface area contributed by atoms with E-state index in [0.29, 0.717) is 16.3 Å². The zero-order chi connectivity index (χ0) is 23.7. The fraction of sp³-hybridized carbons (Fsp3) is 0.0435. The van der Waals surface area contributed by atoms with Crippen molar-refractivity contribution in [3.05, 3.63) is 109 Å². The number of carbonyl (C=O) groups excluding carboxylic acids is 1. The van der Waals surface area contributed by atoms with Gasteiger partial charge in [0.05, 0.1) is 21.4 Å². The lowest BCUT2D eigenvalue weighted by atomic mass is 9.83. The van der Waals surface area contributed by atoms with Crippen LogP contribution >= 0.6 is 23.2 Å². The van der Waals surface area contributed by atoms with Crippen molar-refractivity contribution in [2.24, 2.45) is 5.73 Å². The van der Waals surface area contributed by atoms with Gasteiger partial charge in [0.15, 0.2) is 0 Å². The van der Waals surface area contributed by atoms with E-state index in [0.717, 1.165) is 11.6 Å². The second kappa shape index (κ2) is 8.82. The van der Waals surface area contributed by atoms with E-state index < -0.39 is 16.8 Å². The number of esters is 1. The van der Waals surface area contributed by atoms with Gasteiger partial charge in [-0.15, -0.1) is 0 Å². The minimum atomic E-state index is -0.880. The largest absolute Gasteiger partial charge is 0.440 e. The summed E-state index contributed by atoms with van der Waals surface area (Å²) in [7, 11) is 0. The number of carbonyl (C=O) groups is 1. The standard InChI is InChI=1S/C23H13Cl2N3O5/c24-13-3-1-12(2-4-13)21-16-7-6-15(10-20(16)33-22(27)18(21)11-26)32-23(29)17-9-14(28(30)31)5-8-19(17)25/h1-10,21H,27H2. The molecule has 4 rings (SSSR count). The molecule has 3 aromatic carbocycles. The number of nitro groups is 1. The minimum absolute atomic E-state index is 0.00783. The Kier molecular flexibility index (Phi) is 5.92. The number of fused-ring (bicyclic) bond motifs is 1. The molecule has 0 aliphatic carbocycles. The highest BCUT2D eigenvalue weighted by Gasteiger charge is 2.31. The average Bonchev–Trinajstić information content (AvgIpc) is 2.78. The molecule has 0 saturated carbocycles. The Morgan fingerprint density at radius 3 is 2.52 bits per heavy atom. The second-order valence-corrected chi connectivity index (χ2v) is 7.83. The highest BCUT2D eigenvalue weighted by Crippen LogP contribution is 2.43. The molecule has 10 heteroatoms. The number of allylic oxidation sites excluding steroid dienone is 1. The number of halogens is 2. The molecule has 1 aliphatic heterocycles. The van der Waals surface area contributed by atoms with E-state index in [2.05, 4.69) is 6.07 Å².